The molecular formula is C12H17N3O. The fourth-order valence-corrected chi connectivity index (χ4v) is 1.86. The van der Waals surface area contributed by atoms with E-state index in [0.717, 1.165) is 23.9 Å². The van der Waals surface area contributed by atoms with E-state index in [-0.39, 0.29) is 12.6 Å². The fraction of sp³-hybridized carbons (Fsp3) is 0.417. The van der Waals surface area contributed by atoms with Crippen molar-refractivity contribution in [2.75, 3.05) is 13.7 Å². The van der Waals surface area contributed by atoms with Crippen molar-refractivity contribution in [3.8, 4) is 0 Å². The third kappa shape index (κ3) is 2.23. The molecule has 0 spiro atoms. The molecular weight excluding hydrogens is 202 g/mol. The maximum atomic E-state index is 8.94. The molecule has 0 fully saturated rings. The summed E-state index contributed by atoms with van der Waals surface area (Å²) in [6.07, 6.45) is 2.62. The zero-order chi connectivity index (χ0) is 11.4. The molecule has 0 bridgehead atoms. The van der Waals surface area contributed by atoms with Gasteiger partial charge in [-0.05, 0) is 19.5 Å². The normalized spacial score (nSPS) is 13.1. The minimum absolute atomic E-state index is 0.199. The molecule has 1 aromatic heterocycles. The smallest absolute Gasteiger partial charge is 0.0683 e. The number of nitrogens with one attached hydrogen (secondary N) is 1. The van der Waals surface area contributed by atoms with E-state index >= 15 is 0 Å². The van der Waals surface area contributed by atoms with Gasteiger partial charge in [-0.1, -0.05) is 18.2 Å². The number of aliphatic hydroxyl groups excluding tert-OH is 1. The number of likely N-dealkylation sites (N-methyl/N-ethyl adjacent to an activating group) is 1. The minimum Gasteiger partial charge on any atom is -0.396 e. The van der Waals surface area contributed by atoms with Gasteiger partial charge in [0.1, 0.15) is 0 Å². The zero-order valence-electron chi connectivity index (χ0n) is 9.43. The van der Waals surface area contributed by atoms with Gasteiger partial charge in [-0.3, -0.25) is 4.68 Å². The lowest BCUT2D eigenvalue weighted by atomic mass is 10.2. The fourth-order valence-electron chi connectivity index (χ4n) is 1.86. The predicted octanol–water partition coefficient (Wildman–Crippen LogP) is 1.01. The first-order valence-corrected chi connectivity index (χ1v) is 5.54. The standard InChI is InChI=1S/C12H17N3O/c1-13-11(6-7-16)9-15-12-5-3-2-4-10(12)8-14-15/h2-5,8,11,13,16H,6-7,9H2,1H3. The van der Waals surface area contributed by atoms with Crippen molar-refractivity contribution >= 4 is 10.9 Å². The van der Waals surface area contributed by atoms with Crippen molar-refractivity contribution in [1.82, 2.24) is 15.1 Å². The Labute approximate surface area is 94.9 Å². The largest absolute Gasteiger partial charge is 0.396 e. The highest BCUT2D eigenvalue weighted by molar-refractivity contribution is 5.78. The number of rotatable bonds is 5. The SMILES string of the molecule is CNC(CCO)Cn1ncc2ccccc21. The van der Waals surface area contributed by atoms with Gasteiger partial charge in [0.2, 0.25) is 0 Å². The zero-order valence-corrected chi connectivity index (χ0v) is 9.43. The molecule has 1 heterocycles. The third-order valence-corrected chi connectivity index (χ3v) is 2.83. The first kappa shape index (κ1) is 11.1. The summed E-state index contributed by atoms with van der Waals surface area (Å²) in [4.78, 5) is 0. The molecule has 1 aromatic carbocycles. The third-order valence-electron chi connectivity index (χ3n) is 2.83. The molecule has 4 heteroatoms. The number of nitrogens with zero attached hydrogens (tertiary/aromatic N) is 2. The van der Waals surface area contributed by atoms with E-state index in [1.807, 2.05) is 30.1 Å². The van der Waals surface area contributed by atoms with E-state index in [4.69, 9.17) is 5.11 Å². The molecule has 0 saturated carbocycles. The monoisotopic (exact) mass is 219 g/mol. The van der Waals surface area contributed by atoms with E-state index in [1.54, 1.807) is 0 Å². The summed E-state index contributed by atoms with van der Waals surface area (Å²) < 4.78 is 1.98. The van der Waals surface area contributed by atoms with Gasteiger partial charge in [-0.2, -0.15) is 5.10 Å². The van der Waals surface area contributed by atoms with Gasteiger partial charge in [0.25, 0.3) is 0 Å². The molecule has 0 aliphatic rings. The average molecular weight is 219 g/mol. The molecule has 1 atom stereocenters. The number of hydrogen-bond donors (Lipinski definition) is 2. The van der Waals surface area contributed by atoms with Crippen LogP contribution in [0.2, 0.25) is 0 Å². The molecule has 86 valence electrons. The van der Waals surface area contributed by atoms with Crippen LogP contribution >= 0.6 is 0 Å². The van der Waals surface area contributed by atoms with Crippen LogP contribution in [0.15, 0.2) is 30.5 Å². The van der Waals surface area contributed by atoms with Crippen LogP contribution in [-0.4, -0.2) is 34.6 Å². The highest BCUT2D eigenvalue weighted by Gasteiger charge is 2.08. The van der Waals surface area contributed by atoms with Gasteiger partial charge in [-0.25, -0.2) is 0 Å². The first-order chi connectivity index (χ1) is 7.85. The lowest BCUT2D eigenvalue weighted by Crippen LogP contribution is -2.31. The van der Waals surface area contributed by atoms with Gasteiger partial charge in [-0.15, -0.1) is 0 Å². The Balaban J connectivity index is 2.20. The first-order valence-electron chi connectivity index (χ1n) is 5.54. The molecule has 0 aliphatic carbocycles. The average Bonchev–Trinajstić information content (AvgIpc) is 2.72. The van der Waals surface area contributed by atoms with Crippen molar-refractivity contribution < 1.29 is 5.11 Å². The molecule has 0 radical (unpaired) electrons. The maximum Gasteiger partial charge on any atom is 0.0683 e. The molecule has 0 saturated heterocycles. The Morgan fingerprint density at radius 3 is 3.00 bits per heavy atom. The Kier molecular flexibility index (Phi) is 3.54. The summed E-state index contributed by atoms with van der Waals surface area (Å²) in [6, 6.07) is 8.40. The van der Waals surface area contributed by atoms with Crippen LogP contribution in [0.3, 0.4) is 0 Å². The molecule has 4 nitrogen and oxygen atoms in total. The number of fused-ring (bicyclic) bond motifs is 1. The van der Waals surface area contributed by atoms with Gasteiger partial charge in [0, 0.05) is 18.0 Å². The van der Waals surface area contributed by atoms with Gasteiger partial charge in [0.15, 0.2) is 0 Å². The van der Waals surface area contributed by atoms with Crippen molar-refractivity contribution in [1.29, 1.82) is 0 Å². The summed E-state index contributed by atoms with van der Waals surface area (Å²) in [5, 5.41) is 17.6. The van der Waals surface area contributed by atoms with Gasteiger partial charge < -0.3 is 10.4 Å². The second-order valence-corrected chi connectivity index (χ2v) is 3.88. The van der Waals surface area contributed by atoms with Crippen LogP contribution in [0.25, 0.3) is 10.9 Å². The van der Waals surface area contributed by atoms with Crippen LogP contribution in [0.1, 0.15) is 6.42 Å². The summed E-state index contributed by atoms with van der Waals surface area (Å²) >= 11 is 0. The Morgan fingerprint density at radius 1 is 1.44 bits per heavy atom. The van der Waals surface area contributed by atoms with Crippen LogP contribution in [-0.2, 0) is 6.54 Å². The molecule has 2 aromatic rings. The summed E-state index contributed by atoms with van der Waals surface area (Å²) in [7, 11) is 1.91. The number of aromatic nitrogens is 2. The molecule has 2 N–H and O–H groups in total. The van der Waals surface area contributed by atoms with Crippen molar-refractivity contribution in [3.05, 3.63) is 30.5 Å². The molecule has 0 amide bonds. The van der Waals surface area contributed by atoms with E-state index in [0.29, 0.717) is 0 Å². The predicted molar refractivity (Wildman–Crippen MR) is 64.3 cm³/mol. The van der Waals surface area contributed by atoms with Crippen molar-refractivity contribution in [3.63, 3.8) is 0 Å². The summed E-state index contributed by atoms with van der Waals surface area (Å²) in [5.41, 5.74) is 1.14. The van der Waals surface area contributed by atoms with E-state index in [1.165, 1.54) is 0 Å². The topological polar surface area (TPSA) is 50.1 Å². The van der Waals surface area contributed by atoms with Crippen LogP contribution in [0.5, 0.6) is 0 Å². The molecule has 16 heavy (non-hydrogen) atoms. The second kappa shape index (κ2) is 5.09. The van der Waals surface area contributed by atoms with Crippen LogP contribution < -0.4 is 5.32 Å². The molecule has 1 unspecified atom stereocenters. The molecule has 2 rings (SSSR count). The van der Waals surface area contributed by atoms with Gasteiger partial charge in [0.05, 0.1) is 18.3 Å². The van der Waals surface area contributed by atoms with Gasteiger partial charge >= 0.3 is 0 Å². The number of benzene rings is 1. The van der Waals surface area contributed by atoms with Crippen LogP contribution in [0, 0.1) is 0 Å². The van der Waals surface area contributed by atoms with E-state index in [2.05, 4.69) is 22.5 Å². The summed E-state index contributed by atoms with van der Waals surface area (Å²) in [5.74, 6) is 0. The highest BCUT2D eigenvalue weighted by Crippen LogP contribution is 2.13. The minimum atomic E-state index is 0.199. The Morgan fingerprint density at radius 2 is 2.25 bits per heavy atom. The van der Waals surface area contributed by atoms with E-state index < -0.39 is 0 Å². The highest BCUT2D eigenvalue weighted by atomic mass is 16.3. The second-order valence-electron chi connectivity index (χ2n) is 3.88. The number of para-hydroxylation sites is 1. The maximum absolute atomic E-state index is 8.94. The van der Waals surface area contributed by atoms with Crippen molar-refractivity contribution in [2.45, 2.75) is 19.0 Å². The molecule has 0 aliphatic heterocycles. The number of hydrogen-bond acceptors (Lipinski definition) is 3. The quantitative estimate of drug-likeness (QED) is 0.789. The lowest BCUT2D eigenvalue weighted by molar-refractivity contribution is 0.259. The Hall–Kier alpha value is -1.39. The Bertz CT molecular complexity index is 452. The number of aliphatic hydroxyl groups is 1. The lowest BCUT2D eigenvalue weighted by Gasteiger charge is -2.15. The van der Waals surface area contributed by atoms with E-state index in [9.17, 15) is 0 Å². The van der Waals surface area contributed by atoms with Crippen LogP contribution in [0.4, 0.5) is 0 Å². The summed E-state index contributed by atoms with van der Waals surface area (Å²) in [6.45, 7) is 0.981. The van der Waals surface area contributed by atoms with Crippen molar-refractivity contribution in [2.24, 2.45) is 0 Å².